The second kappa shape index (κ2) is 13.5. The Bertz CT molecular complexity index is 1100. The number of amides is 3. The number of hydrogen-bond donors (Lipinski definition) is 3. The highest BCUT2D eigenvalue weighted by Crippen LogP contribution is 2.27. The normalized spacial score (nSPS) is 14.0. The van der Waals surface area contributed by atoms with Crippen LogP contribution in [0.5, 0.6) is 0 Å². The lowest BCUT2D eigenvalue weighted by Gasteiger charge is -2.33. The van der Waals surface area contributed by atoms with Crippen molar-refractivity contribution in [2.24, 2.45) is 5.92 Å². The Morgan fingerprint density at radius 1 is 1.16 bits per heavy atom. The number of nitriles is 1. The van der Waals surface area contributed by atoms with Crippen molar-refractivity contribution < 1.29 is 19.1 Å². The molecule has 2 heterocycles. The summed E-state index contributed by atoms with van der Waals surface area (Å²) >= 11 is 1.52. The molecule has 12 heteroatoms. The molecule has 0 spiro atoms. The Hall–Kier alpha value is -3.85. The number of nitrogens with one attached hydrogen (secondary N) is 3. The first kappa shape index (κ1) is 27.7. The van der Waals surface area contributed by atoms with Crippen LogP contribution in [0.15, 0.2) is 29.6 Å². The van der Waals surface area contributed by atoms with Gasteiger partial charge in [-0.3, -0.25) is 9.59 Å². The van der Waals surface area contributed by atoms with Gasteiger partial charge in [-0.25, -0.2) is 9.78 Å². The minimum absolute atomic E-state index is 0.105. The maximum atomic E-state index is 12.7. The number of hydrogen-bond acceptors (Lipinski definition) is 9. The summed E-state index contributed by atoms with van der Waals surface area (Å²) in [6.45, 7) is 8.52. The fourth-order valence-corrected chi connectivity index (χ4v) is 4.62. The Balaban J connectivity index is 1.55. The Morgan fingerprint density at radius 3 is 2.49 bits per heavy atom. The number of anilines is 3. The molecule has 1 aromatic carbocycles. The maximum Gasteiger partial charge on any atom is 0.409 e. The zero-order valence-corrected chi connectivity index (χ0v) is 22.1. The summed E-state index contributed by atoms with van der Waals surface area (Å²) in [7, 11) is 0. The Morgan fingerprint density at radius 2 is 1.86 bits per heavy atom. The number of carbonyl (C=O) groups excluding carboxylic acids is 3. The van der Waals surface area contributed by atoms with Crippen LogP contribution in [0.1, 0.15) is 37.6 Å². The molecule has 1 aromatic heterocycles. The van der Waals surface area contributed by atoms with Gasteiger partial charge >= 0.3 is 6.09 Å². The highest BCUT2D eigenvalue weighted by Gasteiger charge is 2.24. The van der Waals surface area contributed by atoms with Crippen molar-refractivity contribution in [3.8, 4) is 6.07 Å². The van der Waals surface area contributed by atoms with Crippen LogP contribution in [0.2, 0.25) is 0 Å². The van der Waals surface area contributed by atoms with Gasteiger partial charge in [-0.05, 0) is 43.5 Å². The number of nitrogens with zero attached hydrogens (tertiary/aromatic N) is 4. The number of thiazole rings is 1. The van der Waals surface area contributed by atoms with Crippen LogP contribution < -0.4 is 20.9 Å². The van der Waals surface area contributed by atoms with E-state index in [9.17, 15) is 14.4 Å². The molecule has 3 rings (SSSR count). The van der Waals surface area contributed by atoms with Gasteiger partial charge in [0.25, 0.3) is 5.91 Å². The predicted molar refractivity (Wildman–Crippen MR) is 142 cm³/mol. The molecule has 1 atom stereocenters. The minimum Gasteiger partial charge on any atom is -0.450 e. The second-order valence-electron chi connectivity index (χ2n) is 8.92. The first-order valence-corrected chi connectivity index (χ1v) is 13.1. The minimum atomic E-state index is -0.716. The maximum absolute atomic E-state index is 12.7. The van der Waals surface area contributed by atoms with E-state index in [1.807, 2.05) is 25.3 Å². The first-order valence-electron chi connectivity index (χ1n) is 12.3. The molecule has 0 saturated carbocycles. The third-order valence-electron chi connectivity index (χ3n) is 5.66. The van der Waals surface area contributed by atoms with Crippen molar-refractivity contribution in [2.75, 3.05) is 49.5 Å². The molecule has 37 heavy (non-hydrogen) atoms. The van der Waals surface area contributed by atoms with Crippen LogP contribution in [-0.4, -0.2) is 73.2 Å². The van der Waals surface area contributed by atoms with Gasteiger partial charge in [0.1, 0.15) is 18.4 Å². The molecule has 1 fully saturated rings. The third-order valence-corrected chi connectivity index (χ3v) is 6.56. The van der Waals surface area contributed by atoms with Gasteiger partial charge in [-0.2, -0.15) is 5.26 Å². The summed E-state index contributed by atoms with van der Waals surface area (Å²) < 4.78 is 5.07. The molecule has 3 amide bonds. The van der Waals surface area contributed by atoms with Gasteiger partial charge in [-0.1, -0.05) is 13.8 Å². The average molecular weight is 528 g/mol. The van der Waals surface area contributed by atoms with E-state index in [2.05, 4.69) is 25.8 Å². The van der Waals surface area contributed by atoms with Crippen molar-refractivity contribution in [3.05, 3.63) is 35.2 Å². The topological polar surface area (TPSA) is 140 Å². The SMILES string of the molecule is CCOC(=O)N1CCN(c2nc(Nc3ccc(C(=O)N[C@@H](CC(C)C)C(=O)NCC#N)cc3)cs2)CC1. The van der Waals surface area contributed by atoms with E-state index in [-0.39, 0.29) is 30.4 Å². The number of ether oxygens (including phenoxy) is 1. The summed E-state index contributed by atoms with van der Waals surface area (Å²) in [5.74, 6) is 0.149. The van der Waals surface area contributed by atoms with Crippen molar-refractivity contribution >= 4 is 45.9 Å². The largest absolute Gasteiger partial charge is 0.450 e. The van der Waals surface area contributed by atoms with Gasteiger partial charge in [0, 0.05) is 42.8 Å². The molecule has 1 aliphatic heterocycles. The molecule has 1 aliphatic rings. The zero-order chi connectivity index (χ0) is 26.8. The van der Waals surface area contributed by atoms with E-state index in [1.165, 1.54) is 11.3 Å². The van der Waals surface area contributed by atoms with E-state index < -0.39 is 6.04 Å². The highest BCUT2D eigenvalue weighted by molar-refractivity contribution is 7.14. The number of carbonyl (C=O) groups is 3. The van der Waals surface area contributed by atoms with Gasteiger partial charge in [0.05, 0.1) is 12.7 Å². The number of rotatable bonds is 10. The lowest BCUT2D eigenvalue weighted by Crippen LogP contribution is -2.48. The summed E-state index contributed by atoms with van der Waals surface area (Å²) in [5, 5.41) is 20.0. The zero-order valence-electron chi connectivity index (χ0n) is 21.3. The van der Waals surface area contributed by atoms with Crippen LogP contribution in [0, 0.1) is 17.2 Å². The molecule has 0 aliphatic carbocycles. The molecule has 3 N–H and O–H groups in total. The first-order chi connectivity index (χ1) is 17.8. The molecule has 0 radical (unpaired) electrons. The van der Waals surface area contributed by atoms with Crippen molar-refractivity contribution in [2.45, 2.75) is 33.2 Å². The van der Waals surface area contributed by atoms with E-state index >= 15 is 0 Å². The highest BCUT2D eigenvalue weighted by atomic mass is 32.1. The second-order valence-corrected chi connectivity index (χ2v) is 9.76. The standard InChI is InChI=1S/C25H33N7O4S/c1-4-36-25(35)32-13-11-31(12-14-32)24-30-21(16-37-24)28-19-7-5-18(6-8-19)22(33)29-20(15-17(2)3)23(34)27-10-9-26/h5-8,16-17,20,28H,4,10-15H2,1-3H3,(H,27,34)(H,29,33)/t20-/m0/s1. The fourth-order valence-electron chi connectivity index (χ4n) is 3.81. The molecule has 11 nitrogen and oxygen atoms in total. The molecular weight excluding hydrogens is 494 g/mol. The number of benzene rings is 1. The summed E-state index contributed by atoms with van der Waals surface area (Å²) in [6.07, 6.45) is 0.186. The van der Waals surface area contributed by atoms with E-state index in [4.69, 9.17) is 10.00 Å². The van der Waals surface area contributed by atoms with Gasteiger partial charge < -0.3 is 30.5 Å². The lowest BCUT2D eigenvalue weighted by molar-refractivity contribution is -0.123. The molecule has 0 unspecified atom stereocenters. The van der Waals surface area contributed by atoms with Gasteiger partial charge in [-0.15, -0.1) is 11.3 Å². The lowest BCUT2D eigenvalue weighted by atomic mass is 10.0. The molecule has 198 valence electrons. The summed E-state index contributed by atoms with van der Waals surface area (Å²) in [6, 6.07) is 8.07. The summed E-state index contributed by atoms with van der Waals surface area (Å²) in [5.41, 5.74) is 1.19. The number of aromatic nitrogens is 1. The molecular formula is C25H33N7O4S. The Labute approximate surface area is 220 Å². The fraction of sp³-hybridized carbons (Fsp3) is 0.480. The van der Waals surface area contributed by atoms with Crippen molar-refractivity contribution in [1.29, 1.82) is 5.26 Å². The average Bonchev–Trinajstić information content (AvgIpc) is 3.35. The molecule has 1 saturated heterocycles. The monoisotopic (exact) mass is 527 g/mol. The van der Waals surface area contributed by atoms with Crippen LogP contribution >= 0.6 is 11.3 Å². The van der Waals surface area contributed by atoms with Crippen LogP contribution in [0.3, 0.4) is 0 Å². The van der Waals surface area contributed by atoms with Crippen LogP contribution in [0.25, 0.3) is 0 Å². The number of piperazine rings is 1. The van der Waals surface area contributed by atoms with Crippen LogP contribution in [-0.2, 0) is 9.53 Å². The van der Waals surface area contributed by atoms with E-state index in [0.717, 1.165) is 10.8 Å². The third kappa shape index (κ3) is 8.08. The van der Waals surface area contributed by atoms with Crippen LogP contribution in [0.4, 0.5) is 21.4 Å². The predicted octanol–water partition coefficient (Wildman–Crippen LogP) is 2.95. The van der Waals surface area contributed by atoms with Crippen molar-refractivity contribution in [1.82, 2.24) is 20.5 Å². The van der Waals surface area contributed by atoms with Gasteiger partial charge in [0.15, 0.2) is 5.13 Å². The quantitative estimate of drug-likeness (QED) is 0.401. The van der Waals surface area contributed by atoms with E-state index in [0.29, 0.717) is 50.6 Å². The van der Waals surface area contributed by atoms with Gasteiger partial charge in [0.2, 0.25) is 5.91 Å². The van der Waals surface area contributed by atoms with Crippen molar-refractivity contribution in [3.63, 3.8) is 0 Å². The Kier molecular flexibility index (Phi) is 10.1. The smallest absolute Gasteiger partial charge is 0.409 e. The molecule has 0 bridgehead atoms. The molecule has 2 aromatic rings. The van der Waals surface area contributed by atoms with E-state index in [1.54, 1.807) is 36.1 Å². The summed E-state index contributed by atoms with van der Waals surface area (Å²) in [4.78, 5) is 45.5.